The molecule has 2 N–H and O–H groups in total. The fourth-order valence-electron chi connectivity index (χ4n) is 1.60. The maximum Gasteiger partial charge on any atom is 0.190 e. The molecule has 1 fully saturated rings. The number of hydroxylamine groups is 1. The summed E-state index contributed by atoms with van der Waals surface area (Å²) in [4.78, 5) is 4.98. The Morgan fingerprint density at radius 3 is 2.69 bits per heavy atom. The second-order valence-electron chi connectivity index (χ2n) is 3.34. The van der Waals surface area contributed by atoms with E-state index in [4.69, 9.17) is 17.1 Å². The number of rotatable bonds is 3. The van der Waals surface area contributed by atoms with E-state index in [1.165, 1.54) is 32.1 Å². The minimum atomic E-state index is 0.550. The molecule has 76 valence electrons. The van der Waals surface area contributed by atoms with E-state index in [-0.39, 0.29) is 0 Å². The number of thiocarbonyl (C=S) groups is 1. The van der Waals surface area contributed by atoms with Crippen molar-refractivity contribution in [2.45, 2.75) is 45.1 Å². The number of hydrogen-bond acceptors (Lipinski definition) is 2. The molecule has 0 aromatic heterocycles. The highest BCUT2D eigenvalue weighted by Crippen LogP contribution is 2.16. The molecule has 0 aromatic rings. The van der Waals surface area contributed by atoms with Crippen molar-refractivity contribution in [3.8, 4) is 0 Å². The molecule has 1 rings (SSSR count). The van der Waals surface area contributed by atoms with Crippen LogP contribution in [0.5, 0.6) is 0 Å². The van der Waals surface area contributed by atoms with Crippen molar-refractivity contribution in [2.24, 2.45) is 0 Å². The molecule has 0 aliphatic heterocycles. The highest BCUT2D eigenvalue weighted by molar-refractivity contribution is 7.80. The Kier molecular flexibility index (Phi) is 5.08. The van der Waals surface area contributed by atoms with Crippen LogP contribution in [0.25, 0.3) is 0 Å². The van der Waals surface area contributed by atoms with Crippen LogP contribution in [0.15, 0.2) is 0 Å². The summed E-state index contributed by atoms with van der Waals surface area (Å²) in [6, 6.07) is 0.550. The molecule has 3 nitrogen and oxygen atoms in total. The second-order valence-corrected chi connectivity index (χ2v) is 3.75. The Balaban J connectivity index is 2.11. The van der Waals surface area contributed by atoms with Crippen LogP contribution in [0.2, 0.25) is 0 Å². The lowest BCUT2D eigenvalue weighted by Gasteiger charge is -2.23. The average molecular weight is 202 g/mol. The zero-order valence-corrected chi connectivity index (χ0v) is 8.95. The van der Waals surface area contributed by atoms with E-state index in [2.05, 4.69) is 10.8 Å². The molecule has 1 aliphatic carbocycles. The summed E-state index contributed by atoms with van der Waals surface area (Å²) >= 11 is 5.05. The van der Waals surface area contributed by atoms with Gasteiger partial charge in [-0.05, 0) is 32.0 Å². The first-order valence-electron chi connectivity index (χ1n) is 5.01. The van der Waals surface area contributed by atoms with Gasteiger partial charge in [0.25, 0.3) is 0 Å². The average Bonchev–Trinajstić information content (AvgIpc) is 2.16. The van der Waals surface area contributed by atoms with E-state index >= 15 is 0 Å². The minimum Gasteiger partial charge on any atom is -0.358 e. The summed E-state index contributed by atoms with van der Waals surface area (Å²) in [6.07, 6.45) is 6.45. The molecule has 13 heavy (non-hydrogen) atoms. The van der Waals surface area contributed by atoms with Crippen LogP contribution in [0.4, 0.5) is 0 Å². The van der Waals surface area contributed by atoms with Crippen molar-refractivity contribution in [3.05, 3.63) is 0 Å². The third-order valence-electron chi connectivity index (χ3n) is 2.25. The summed E-state index contributed by atoms with van der Waals surface area (Å²) in [6.45, 7) is 2.56. The molecule has 0 amide bonds. The molecule has 4 heteroatoms. The van der Waals surface area contributed by atoms with E-state index < -0.39 is 0 Å². The van der Waals surface area contributed by atoms with Crippen LogP contribution in [0.3, 0.4) is 0 Å². The van der Waals surface area contributed by atoms with Crippen LogP contribution in [-0.4, -0.2) is 17.8 Å². The molecule has 0 aromatic carbocycles. The highest BCUT2D eigenvalue weighted by atomic mass is 32.1. The van der Waals surface area contributed by atoms with E-state index in [9.17, 15) is 0 Å². The van der Waals surface area contributed by atoms with Crippen LogP contribution in [0.1, 0.15) is 39.0 Å². The van der Waals surface area contributed by atoms with Gasteiger partial charge in [-0.2, -0.15) is 0 Å². The Morgan fingerprint density at radius 1 is 1.38 bits per heavy atom. The van der Waals surface area contributed by atoms with Crippen molar-refractivity contribution in [1.29, 1.82) is 0 Å². The predicted octanol–water partition coefficient (Wildman–Crippen LogP) is 1.73. The minimum absolute atomic E-state index is 0.550. The van der Waals surface area contributed by atoms with Crippen molar-refractivity contribution >= 4 is 17.3 Å². The molecule has 0 saturated heterocycles. The maximum atomic E-state index is 5.05. The Hall–Kier alpha value is -0.350. The molecule has 0 bridgehead atoms. The maximum absolute atomic E-state index is 5.05. The van der Waals surface area contributed by atoms with Gasteiger partial charge in [-0.1, -0.05) is 19.3 Å². The third-order valence-corrected chi connectivity index (χ3v) is 2.45. The number of nitrogens with one attached hydrogen (secondary N) is 2. The van der Waals surface area contributed by atoms with Gasteiger partial charge < -0.3 is 5.32 Å². The normalized spacial score (nSPS) is 18.2. The molecule has 0 heterocycles. The van der Waals surface area contributed by atoms with Crippen LogP contribution >= 0.6 is 12.2 Å². The Bertz CT molecular complexity index is 158. The Labute approximate surface area is 85.2 Å². The monoisotopic (exact) mass is 202 g/mol. The molecule has 1 aliphatic rings. The molecule has 0 atom stereocenters. The Morgan fingerprint density at radius 2 is 2.08 bits per heavy atom. The third kappa shape index (κ3) is 4.43. The van der Waals surface area contributed by atoms with Crippen molar-refractivity contribution in [1.82, 2.24) is 10.8 Å². The quantitative estimate of drug-likeness (QED) is 0.539. The van der Waals surface area contributed by atoms with E-state index in [0.717, 1.165) is 0 Å². The fourth-order valence-corrected chi connectivity index (χ4v) is 1.83. The van der Waals surface area contributed by atoms with Gasteiger partial charge in [0.05, 0.1) is 6.61 Å². The van der Waals surface area contributed by atoms with Gasteiger partial charge >= 0.3 is 0 Å². The molecule has 0 radical (unpaired) electrons. The van der Waals surface area contributed by atoms with Gasteiger partial charge in [0.15, 0.2) is 5.11 Å². The molecular weight excluding hydrogens is 184 g/mol. The molecule has 1 saturated carbocycles. The lowest BCUT2D eigenvalue weighted by molar-refractivity contribution is 0.0953. The van der Waals surface area contributed by atoms with Crippen LogP contribution in [0, 0.1) is 0 Å². The first-order valence-corrected chi connectivity index (χ1v) is 5.42. The largest absolute Gasteiger partial charge is 0.358 e. The topological polar surface area (TPSA) is 33.3 Å². The first-order chi connectivity index (χ1) is 6.33. The van der Waals surface area contributed by atoms with Crippen LogP contribution < -0.4 is 10.8 Å². The van der Waals surface area contributed by atoms with E-state index in [0.29, 0.717) is 17.8 Å². The zero-order chi connectivity index (χ0) is 9.52. The standard InChI is InChI=1S/C9H18N2OS/c1-2-12-11-9(13)10-8-6-4-3-5-7-8/h8H,2-7H2,1H3,(H2,10,11,13). The van der Waals surface area contributed by atoms with Gasteiger partial charge in [-0.15, -0.1) is 0 Å². The summed E-state index contributed by atoms with van der Waals surface area (Å²) in [5.41, 5.74) is 2.70. The summed E-state index contributed by atoms with van der Waals surface area (Å²) < 4.78 is 0. The highest BCUT2D eigenvalue weighted by Gasteiger charge is 2.13. The predicted molar refractivity (Wildman–Crippen MR) is 57.4 cm³/mol. The van der Waals surface area contributed by atoms with Gasteiger partial charge in [-0.3, -0.25) is 4.84 Å². The number of hydrogen-bond donors (Lipinski definition) is 2. The summed E-state index contributed by atoms with van der Waals surface area (Å²) in [5, 5.41) is 3.87. The van der Waals surface area contributed by atoms with E-state index in [1.54, 1.807) is 0 Å². The SMILES string of the molecule is CCONC(=S)NC1CCCCC1. The molecule has 0 spiro atoms. The fraction of sp³-hybridized carbons (Fsp3) is 0.889. The smallest absolute Gasteiger partial charge is 0.190 e. The van der Waals surface area contributed by atoms with Gasteiger partial charge in [0, 0.05) is 6.04 Å². The first kappa shape index (κ1) is 10.7. The van der Waals surface area contributed by atoms with E-state index in [1.807, 2.05) is 6.92 Å². The van der Waals surface area contributed by atoms with Crippen molar-refractivity contribution in [2.75, 3.05) is 6.61 Å². The van der Waals surface area contributed by atoms with Gasteiger partial charge in [-0.25, -0.2) is 5.48 Å². The van der Waals surface area contributed by atoms with Gasteiger partial charge in [0.2, 0.25) is 0 Å². The van der Waals surface area contributed by atoms with Gasteiger partial charge in [0.1, 0.15) is 0 Å². The van der Waals surface area contributed by atoms with Crippen molar-refractivity contribution in [3.63, 3.8) is 0 Å². The second kappa shape index (κ2) is 6.16. The summed E-state index contributed by atoms with van der Waals surface area (Å²) in [5.74, 6) is 0. The zero-order valence-electron chi connectivity index (χ0n) is 8.14. The summed E-state index contributed by atoms with van der Waals surface area (Å²) in [7, 11) is 0. The van der Waals surface area contributed by atoms with Crippen molar-refractivity contribution < 1.29 is 4.84 Å². The lowest BCUT2D eigenvalue weighted by Crippen LogP contribution is -2.42. The molecular formula is C9H18N2OS. The van der Waals surface area contributed by atoms with Crippen LogP contribution in [-0.2, 0) is 4.84 Å². The lowest BCUT2D eigenvalue weighted by atomic mass is 9.96. The molecule has 0 unspecified atom stereocenters.